The second-order valence-electron chi connectivity index (χ2n) is 10.3. The van der Waals surface area contributed by atoms with Gasteiger partial charge in [0.15, 0.2) is 11.0 Å². The highest BCUT2D eigenvalue weighted by Crippen LogP contribution is 2.60. The molecule has 9 heteroatoms. The number of carbonyl (C=O) groups excluding carboxylic acids is 2. The van der Waals surface area contributed by atoms with Crippen molar-refractivity contribution in [2.45, 2.75) is 69.3 Å². The lowest BCUT2D eigenvalue weighted by molar-refractivity contribution is -0.146. The molecule has 6 rings (SSSR count). The first-order valence-electron chi connectivity index (χ1n) is 12.6. The van der Waals surface area contributed by atoms with Crippen LogP contribution in [0.15, 0.2) is 29.4 Å². The summed E-state index contributed by atoms with van der Waals surface area (Å²) in [5, 5.41) is 12.1. The van der Waals surface area contributed by atoms with Gasteiger partial charge >= 0.3 is 5.97 Å². The van der Waals surface area contributed by atoms with Gasteiger partial charge < -0.3 is 14.8 Å². The summed E-state index contributed by atoms with van der Waals surface area (Å²) in [6.45, 7) is 4.17. The molecule has 4 bridgehead atoms. The maximum absolute atomic E-state index is 13.5. The Morgan fingerprint density at radius 3 is 2.43 bits per heavy atom. The Hall–Kier alpha value is -2.55. The summed E-state index contributed by atoms with van der Waals surface area (Å²) in [4.78, 5) is 25.8. The quantitative estimate of drug-likeness (QED) is 0.410. The van der Waals surface area contributed by atoms with E-state index in [1.54, 1.807) is 21.0 Å². The minimum atomic E-state index is -0.456. The second kappa shape index (κ2) is 9.84. The van der Waals surface area contributed by atoms with Crippen LogP contribution in [0.5, 0.6) is 5.75 Å². The van der Waals surface area contributed by atoms with Gasteiger partial charge in [-0.1, -0.05) is 23.9 Å². The van der Waals surface area contributed by atoms with E-state index in [9.17, 15) is 9.59 Å². The van der Waals surface area contributed by atoms with Crippen molar-refractivity contribution < 1.29 is 19.1 Å². The molecule has 4 saturated carbocycles. The third-order valence-electron chi connectivity index (χ3n) is 7.85. The standard InChI is InChI=1S/C26H34N4O4S/c1-4-34-23(31)16(2)35-25-29-28-22(30(25)20-7-5-6-8-21(20)33-3)15-27-24(32)26-12-17-9-18(13-26)11-19(10-17)14-26/h5-8,16-19H,4,9-15H2,1-3H3,(H,27,32)/t16-,17?,18?,19?,26?/m0/s1. The number of carbonyl (C=O) groups is 2. The predicted molar refractivity (Wildman–Crippen MR) is 132 cm³/mol. The Bertz CT molecular complexity index is 1070. The number of para-hydroxylation sites is 2. The summed E-state index contributed by atoms with van der Waals surface area (Å²) in [7, 11) is 1.62. The molecule has 188 valence electrons. The fraction of sp³-hybridized carbons (Fsp3) is 0.615. The zero-order valence-corrected chi connectivity index (χ0v) is 21.5. The largest absolute Gasteiger partial charge is 0.495 e. The van der Waals surface area contributed by atoms with Gasteiger partial charge in [0.2, 0.25) is 5.91 Å². The maximum Gasteiger partial charge on any atom is 0.319 e. The van der Waals surface area contributed by atoms with Crippen LogP contribution in [0.3, 0.4) is 0 Å². The number of amides is 1. The Morgan fingerprint density at radius 1 is 1.14 bits per heavy atom. The van der Waals surface area contributed by atoms with Crippen molar-refractivity contribution in [2.75, 3.05) is 13.7 Å². The Morgan fingerprint density at radius 2 is 1.80 bits per heavy atom. The van der Waals surface area contributed by atoms with E-state index in [0.717, 1.165) is 24.9 Å². The molecule has 0 saturated heterocycles. The lowest BCUT2D eigenvalue weighted by Gasteiger charge is -2.55. The van der Waals surface area contributed by atoms with Crippen LogP contribution in [0.2, 0.25) is 0 Å². The molecule has 4 fully saturated rings. The van der Waals surface area contributed by atoms with Crippen molar-refractivity contribution in [2.24, 2.45) is 23.2 Å². The molecule has 0 radical (unpaired) electrons. The molecule has 4 aliphatic carbocycles. The molecule has 35 heavy (non-hydrogen) atoms. The molecule has 1 atom stereocenters. The Balaban J connectivity index is 1.39. The molecule has 1 aromatic heterocycles. The van der Waals surface area contributed by atoms with E-state index in [1.165, 1.54) is 31.0 Å². The van der Waals surface area contributed by atoms with Gasteiger partial charge in [-0.2, -0.15) is 0 Å². The van der Waals surface area contributed by atoms with E-state index in [2.05, 4.69) is 15.5 Å². The van der Waals surface area contributed by atoms with E-state index >= 15 is 0 Å². The first-order chi connectivity index (χ1) is 16.9. The number of nitrogens with zero attached hydrogens (tertiary/aromatic N) is 3. The van der Waals surface area contributed by atoms with Gasteiger partial charge in [0.05, 0.1) is 25.9 Å². The van der Waals surface area contributed by atoms with Gasteiger partial charge in [-0.25, -0.2) is 0 Å². The zero-order valence-electron chi connectivity index (χ0n) is 20.7. The highest BCUT2D eigenvalue weighted by molar-refractivity contribution is 8.00. The highest BCUT2D eigenvalue weighted by Gasteiger charge is 2.54. The van der Waals surface area contributed by atoms with E-state index < -0.39 is 5.25 Å². The van der Waals surface area contributed by atoms with Crippen molar-refractivity contribution >= 4 is 23.6 Å². The number of esters is 1. The first-order valence-corrected chi connectivity index (χ1v) is 13.5. The molecule has 1 heterocycles. The molecular weight excluding hydrogens is 464 g/mol. The smallest absolute Gasteiger partial charge is 0.319 e. The summed E-state index contributed by atoms with van der Waals surface area (Å²) >= 11 is 1.28. The van der Waals surface area contributed by atoms with Crippen LogP contribution < -0.4 is 10.1 Å². The van der Waals surface area contributed by atoms with E-state index in [4.69, 9.17) is 9.47 Å². The number of aromatic nitrogens is 3. The van der Waals surface area contributed by atoms with Crippen molar-refractivity contribution in [1.29, 1.82) is 0 Å². The Kier molecular flexibility index (Phi) is 6.79. The Labute approximate surface area is 210 Å². The molecule has 1 aromatic carbocycles. The number of hydrogen-bond acceptors (Lipinski definition) is 7. The van der Waals surface area contributed by atoms with E-state index in [-0.39, 0.29) is 23.8 Å². The van der Waals surface area contributed by atoms with Crippen molar-refractivity contribution in [3.05, 3.63) is 30.1 Å². The molecule has 0 aliphatic heterocycles. The lowest BCUT2D eigenvalue weighted by Crippen LogP contribution is -2.53. The van der Waals surface area contributed by atoms with Crippen molar-refractivity contribution in [3.8, 4) is 11.4 Å². The maximum atomic E-state index is 13.5. The lowest BCUT2D eigenvalue weighted by atomic mass is 9.49. The van der Waals surface area contributed by atoms with Gasteiger partial charge in [-0.3, -0.25) is 14.2 Å². The molecule has 4 aliphatic rings. The van der Waals surface area contributed by atoms with Gasteiger partial charge in [0.1, 0.15) is 11.0 Å². The van der Waals surface area contributed by atoms with Crippen LogP contribution in [0.4, 0.5) is 0 Å². The minimum Gasteiger partial charge on any atom is -0.495 e. The number of hydrogen-bond donors (Lipinski definition) is 1. The monoisotopic (exact) mass is 498 g/mol. The normalized spacial score (nSPS) is 27.5. The number of methoxy groups -OCH3 is 1. The average Bonchev–Trinajstić information content (AvgIpc) is 3.23. The molecule has 1 amide bonds. The number of thioether (sulfide) groups is 1. The number of nitrogens with one attached hydrogen (secondary N) is 1. The summed E-state index contributed by atoms with van der Waals surface area (Å²) in [5.74, 6) is 3.23. The average molecular weight is 499 g/mol. The number of rotatable bonds is 9. The van der Waals surface area contributed by atoms with Crippen LogP contribution in [0.1, 0.15) is 58.2 Å². The second-order valence-corrected chi connectivity index (χ2v) is 11.6. The van der Waals surface area contributed by atoms with Gasteiger partial charge in [0, 0.05) is 5.41 Å². The van der Waals surface area contributed by atoms with Gasteiger partial charge in [0.25, 0.3) is 0 Å². The van der Waals surface area contributed by atoms with Crippen LogP contribution in [-0.4, -0.2) is 45.6 Å². The van der Waals surface area contributed by atoms with Gasteiger partial charge in [-0.05, 0) is 82.3 Å². The molecule has 8 nitrogen and oxygen atoms in total. The minimum absolute atomic E-state index is 0.153. The first kappa shape index (κ1) is 24.2. The fourth-order valence-electron chi connectivity index (χ4n) is 6.75. The topological polar surface area (TPSA) is 95.3 Å². The summed E-state index contributed by atoms with van der Waals surface area (Å²) in [6.07, 6.45) is 6.95. The highest BCUT2D eigenvalue weighted by atomic mass is 32.2. The molecule has 2 aromatic rings. The summed E-state index contributed by atoms with van der Waals surface area (Å²) < 4.78 is 12.6. The molecule has 0 unspecified atom stereocenters. The van der Waals surface area contributed by atoms with Crippen LogP contribution in [0, 0.1) is 23.2 Å². The third kappa shape index (κ3) is 4.67. The van der Waals surface area contributed by atoms with Crippen LogP contribution in [-0.2, 0) is 20.9 Å². The van der Waals surface area contributed by atoms with Crippen LogP contribution in [0.25, 0.3) is 5.69 Å². The summed E-state index contributed by atoms with van der Waals surface area (Å²) in [6, 6.07) is 7.61. The fourth-order valence-corrected chi connectivity index (χ4v) is 7.63. The third-order valence-corrected chi connectivity index (χ3v) is 8.88. The molecule has 0 spiro atoms. The molecule has 1 N–H and O–H groups in total. The number of ether oxygens (including phenoxy) is 2. The van der Waals surface area contributed by atoms with E-state index in [1.807, 2.05) is 28.8 Å². The van der Waals surface area contributed by atoms with Gasteiger partial charge in [-0.15, -0.1) is 10.2 Å². The zero-order chi connectivity index (χ0) is 24.6. The SMILES string of the molecule is CCOC(=O)[C@H](C)Sc1nnc(CNC(=O)C23CC4CC(CC(C4)C2)C3)n1-c1ccccc1OC. The predicted octanol–water partition coefficient (Wildman–Crippen LogP) is 4.15. The molecular formula is C26H34N4O4S. The number of benzene rings is 1. The van der Waals surface area contributed by atoms with Crippen molar-refractivity contribution in [3.63, 3.8) is 0 Å². The summed E-state index contributed by atoms with van der Waals surface area (Å²) in [5.41, 5.74) is 0.539. The van der Waals surface area contributed by atoms with Crippen LogP contribution >= 0.6 is 11.8 Å². The van der Waals surface area contributed by atoms with E-state index in [0.29, 0.717) is 41.1 Å². The van der Waals surface area contributed by atoms with Crippen molar-refractivity contribution in [1.82, 2.24) is 20.1 Å².